The Hall–Kier alpha value is -1.66. The highest BCUT2D eigenvalue weighted by molar-refractivity contribution is 6.31. The second-order valence-corrected chi connectivity index (χ2v) is 6.57. The number of benzene rings is 1. The molecule has 7 heteroatoms. The minimum absolute atomic E-state index is 0.165. The van der Waals surface area contributed by atoms with Crippen molar-refractivity contribution in [2.75, 3.05) is 25.5 Å². The summed E-state index contributed by atoms with van der Waals surface area (Å²) >= 11 is 12.1. The summed E-state index contributed by atoms with van der Waals surface area (Å²) in [4.78, 5) is 17.2. The Labute approximate surface area is 171 Å². The third kappa shape index (κ3) is 7.46. The predicted octanol–water partition coefficient (Wildman–Crippen LogP) is 4.27. The molecule has 0 spiro atoms. The number of carbonyl (C=O) groups excluding carboxylic acids is 1. The number of carbonyl (C=O) groups is 1. The Bertz CT molecular complexity index is 690. The highest BCUT2D eigenvalue weighted by Gasteiger charge is 2.26. The van der Waals surface area contributed by atoms with E-state index in [-0.39, 0.29) is 5.92 Å². The molecule has 3 rings (SSSR count). The van der Waals surface area contributed by atoms with Crippen LogP contribution in [0.4, 0.5) is 5.82 Å². The van der Waals surface area contributed by atoms with Crippen LogP contribution in [-0.4, -0.2) is 41.5 Å². The molecule has 148 valence electrons. The highest BCUT2D eigenvalue weighted by atomic mass is 35.5. The van der Waals surface area contributed by atoms with Gasteiger partial charge >= 0.3 is 0 Å². The van der Waals surface area contributed by atoms with E-state index in [1.807, 2.05) is 44.2 Å². The maximum absolute atomic E-state index is 10.7. The predicted molar refractivity (Wildman–Crippen MR) is 112 cm³/mol. The van der Waals surface area contributed by atoms with Crippen molar-refractivity contribution in [2.24, 2.45) is 5.92 Å². The number of nitrogens with zero attached hydrogens (tertiary/aromatic N) is 2. The van der Waals surface area contributed by atoms with Gasteiger partial charge in [0.2, 0.25) is 0 Å². The Morgan fingerprint density at radius 3 is 2.44 bits per heavy atom. The molecule has 2 N–H and O–H groups in total. The van der Waals surface area contributed by atoms with E-state index in [1.165, 1.54) is 0 Å². The topological polar surface area (TPSA) is 65.5 Å². The van der Waals surface area contributed by atoms with E-state index in [9.17, 15) is 4.79 Å². The minimum Gasteiger partial charge on any atom is -0.400 e. The molecule has 0 bridgehead atoms. The van der Waals surface area contributed by atoms with Crippen molar-refractivity contribution in [3.8, 4) is 0 Å². The van der Waals surface area contributed by atoms with E-state index < -0.39 is 0 Å². The first-order chi connectivity index (χ1) is 13.1. The summed E-state index contributed by atoms with van der Waals surface area (Å²) in [5.41, 5.74) is 2.15. The summed E-state index contributed by atoms with van der Waals surface area (Å²) in [7, 11) is 1.00. The smallest absolute Gasteiger partial charge is 0.126 e. The van der Waals surface area contributed by atoms with Gasteiger partial charge in [-0.15, -0.1) is 0 Å². The number of likely N-dealkylation sites (tertiary alicyclic amines) is 1. The quantitative estimate of drug-likeness (QED) is 0.694. The molecule has 1 aromatic carbocycles. The Kier molecular flexibility index (Phi) is 11.0. The van der Waals surface area contributed by atoms with Crippen LogP contribution in [0.3, 0.4) is 0 Å². The maximum Gasteiger partial charge on any atom is 0.126 e. The molecule has 1 aliphatic heterocycles. The van der Waals surface area contributed by atoms with Crippen molar-refractivity contribution in [1.82, 2.24) is 9.88 Å². The number of aliphatic hydroxyl groups excluding tert-OH is 1. The van der Waals surface area contributed by atoms with Crippen molar-refractivity contribution >= 4 is 35.3 Å². The van der Waals surface area contributed by atoms with Crippen LogP contribution < -0.4 is 5.32 Å². The number of aromatic nitrogens is 1. The molecule has 1 saturated heterocycles. The summed E-state index contributed by atoms with van der Waals surface area (Å²) in [6.07, 6.45) is 2.68. The molecular formula is C20H27Cl2N3O2. The van der Waals surface area contributed by atoms with Gasteiger partial charge in [-0.2, -0.15) is 0 Å². The van der Waals surface area contributed by atoms with E-state index in [1.54, 1.807) is 6.20 Å². The minimum atomic E-state index is 0.165. The zero-order valence-electron chi connectivity index (χ0n) is 16.0. The first-order valence-electron chi connectivity index (χ1n) is 8.89. The normalized spacial score (nSPS) is 13.4. The molecule has 2 aromatic rings. The number of aldehydes is 1. The SMILES string of the molecule is CC.CO.O=CC1CN(Cc2cc(NCc3ccc(Cl)cc3)ncc2Cl)C1. The van der Waals surface area contributed by atoms with Crippen LogP contribution in [0, 0.1) is 5.92 Å². The van der Waals surface area contributed by atoms with Crippen LogP contribution in [0.25, 0.3) is 0 Å². The summed E-state index contributed by atoms with van der Waals surface area (Å²) in [6.45, 7) is 7.01. The fourth-order valence-electron chi connectivity index (χ4n) is 2.56. The number of hydrogen-bond acceptors (Lipinski definition) is 5. The van der Waals surface area contributed by atoms with Gasteiger partial charge < -0.3 is 15.2 Å². The third-order valence-electron chi connectivity index (χ3n) is 3.89. The van der Waals surface area contributed by atoms with Crippen molar-refractivity contribution in [3.63, 3.8) is 0 Å². The molecule has 5 nitrogen and oxygen atoms in total. The van der Waals surface area contributed by atoms with Gasteiger partial charge in [-0.1, -0.05) is 49.2 Å². The zero-order valence-corrected chi connectivity index (χ0v) is 17.5. The van der Waals surface area contributed by atoms with Gasteiger partial charge in [0.05, 0.1) is 5.02 Å². The van der Waals surface area contributed by atoms with Crippen LogP contribution in [0.1, 0.15) is 25.0 Å². The molecule has 1 aliphatic rings. The molecule has 0 amide bonds. The summed E-state index contributed by atoms with van der Waals surface area (Å²) in [5.74, 6) is 0.949. The molecule has 0 saturated carbocycles. The molecule has 0 atom stereocenters. The monoisotopic (exact) mass is 411 g/mol. The second-order valence-electron chi connectivity index (χ2n) is 5.73. The molecule has 0 unspecified atom stereocenters. The number of halogens is 2. The van der Waals surface area contributed by atoms with Crippen molar-refractivity contribution in [1.29, 1.82) is 0 Å². The van der Waals surface area contributed by atoms with Gasteiger partial charge in [0, 0.05) is 50.4 Å². The number of nitrogens with one attached hydrogen (secondary N) is 1. The second kappa shape index (κ2) is 12.7. The van der Waals surface area contributed by atoms with E-state index in [4.69, 9.17) is 28.3 Å². The lowest BCUT2D eigenvalue weighted by Gasteiger charge is -2.36. The maximum atomic E-state index is 10.7. The van der Waals surface area contributed by atoms with Crippen molar-refractivity contribution in [3.05, 3.63) is 57.7 Å². The summed E-state index contributed by atoms with van der Waals surface area (Å²) < 4.78 is 0. The van der Waals surface area contributed by atoms with Gasteiger partial charge in [-0.3, -0.25) is 4.90 Å². The van der Waals surface area contributed by atoms with Gasteiger partial charge in [-0.25, -0.2) is 4.98 Å². The van der Waals surface area contributed by atoms with Crippen LogP contribution in [0.5, 0.6) is 0 Å². The van der Waals surface area contributed by atoms with E-state index in [0.29, 0.717) is 11.6 Å². The Morgan fingerprint density at radius 2 is 1.85 bits per heavy atom. The number of rotatable bonds is 6. The Balaban J connectivity index is 0.000000855. The molecule has 1 aromatic heterocycles. The van der Waals surface area contributed by atoms with Crippen molar-refractivity contribution < 1.29 is 9.90 Å². The first-order valence-corrected chi connectivity index (χ1v) is 9.65. The lowest BCUT2D eigenvalue weighted by Crippen LogP contribution is -2.46. The van der Waals surface area contributed by atoms with Crippen LogP contribution in [0.2, 0.25) is 10.0 Å². The zero-order chi connectivity index (χ0) is 20.2. The van der Waals surface area contributed by atoms with Gasteiger partial charge in [0.15, 0.2) is 0 Å². The summed E-state index contributed by atoms with van der Waals surface area (Å²) in [6, 6.07) is 9.66. The molecule has 2 heterocycles. The van der Waals surface area contributed by atoms with Gasteiger partial charge in [0.1, 0.15) is 12.1 Å². The first kappa shape index (κ1) is 23.4. The molecule has 0 aliphatic carbocycles. The largest absolute Gasteiger partial charge is 0.400 e. The highest BCUT2D eigenvalue weighted by Crippen LogP contribution is 2.24. The van der Waals surface area contributed by atoms with Crippen LogP contribution >= 0.6 is 23.2 Å². The molecule has 1 fully saturated rings. The fraction of sp³-hybridized carbons (Fsp3) is 0.400. The van der Waals surface area contributed by atoms with Crippen LogP contribution in [-0.2, 0) is 17.9 Å². The number of aliphatic hydroxyl groups is 1. The fourth-order valence-corrected chi connectivity index (χ4v) is 2.85. The van der Waals surface area contributed by atoms with E-state index in [2.05, 4.69) is 15.2 Å². The average Bonchev–Trinajstić information content (AvgIpc) is 2.69. The lowest BCUT2D eigenvalue weighted by atomic mass is 10.0. The van der Waals surface area contributed by atoms with Crippen LogP contribution in [0.15, 0.2) is 36.5 Å². The Morgan fingerprint density at radius 1 is 1.22 bits per heavy atom. The van der Waals surface area contributed by atoms with Gasteiger partial charge in [0.25, 0.3) is 0 Å². The molecular weight excluding hydrogens is 385 g/mol. The third-order valence-corrected chi connectivity index (χ3v) is 4.49. The van der Waals surface area contributed by atoms with Crippen molar-refractivity contribution in [2.45, 2.75) is 26.9 Å². The summed E-state index contributed by atoms with van der Waals surface area (Å²) in [5, 5.41) is 11.7. The van der Waals surface area contributed by atoms with Gasteiger partial charge in [-0.05, 0) is 29.3 Å². The van der Waals surface area contributed by atoms with E-state index in [0.717, 1.165) is 55.0 Å². The molecule has 0 radical (unpaired) electrons. The van der Waals surface area contributed by atoms with E-state index >= 15 is 0 Å². The average molecular weight is 412 g/mol. The standard InChI is InChI=1S/C17H17Cl2N3O.C2H6.CH4O/c18-15-3-1-12(2-4-15)6-20-17-5-14(16(19)7-21-17)10-22-8-13(9-22)11-23;2*1-2/h1-5,7,11,13H,6,8-10H2,(H,20,21);1-2H3;2H,1H3. The number of pyridine rings is 1. The number of hydrogen-bond donors (Lipinski definition) is 2. The lowest BCUT2D eigenvalue weighted by molar-refractivity contribution is -0.115. The number of anilines is 1. The molecule has 27 heavy (non-hydrogen) atoms.